The van der Waals surface area contributed by atoms with Gasteiger partial charge in [-0.15, -0.1) is 0 Å². The van der Waals surface area contributed by atoms with Crippen LogP contribution in [0.1, 0.15) is 26.3 Å². The third-order valence-corrected chi connectivity index (χ3v) is 8.35. The highest BCUT2D eigenvalue weighted by atomic mass is 16.3. The summed E-state index contributed by atoms with van der Waals surface area (Å²) in [7, 11) is 0. The molecule has 0 unspecified atom stereocenters. The van der Waals surface area contributed by atoms with Gasteiger partial charge in [-0.3, -0.25) is 4.98 Å². The molecule has 0 atom stereocenters. The molecule has 5 aromatic carbocycles. The van der Waals surface area contributed by atoms with Gasteiger partial charge < -0.3 is 8.98 Å². The molecule has 0 fully saturated rings. The average Bonchev–Trinajstić information content (AvgIpc) is 3.56. The average molecular weight is 543 g/mol. The molecule has 0 bridgehead atoms. The van der Waals surface area contributed by atoms with Gasteiger partial charge in [-0.25, -0.2) is 0 Å². The second-order valence-corrected chi connectivity index (χ2v) is 12.1. The van der Waals surface area contributed by atoms with Crippen LogP contribution in [0.15, 0.2) is 132 Å². The fourth-order valence-corrected chi connectivity index (χ4v) is 6.33. The van der Waals surface area contributed by atoms with E-state index in [0.717, 1.165) is 27.8 Å². The second-order valence-electron chi connectivity index (χ2n) is 12.1. The highest BCUT2D eigenvalue weighted by Crippen LogP contribution is 2.40. The van der Waals surface area contributed by atoms with Crippen molar-refractivity contribution in [1.29, 1.82) is 0 Å². The third-order valence-electron chi connectivity index (χ3n) is 8.35. The molecule has 0 radical (unpaired) electrons. The largest absolute Gasteiger partial charge is 0.454 e. The standard InChI is InChI=1S/C39H30N2O/c1-39(2,3)33-24-28(23-32-37-36(42-38(32)33)19-10-20-40-37)26-12-8-11-25(21-26)27-13-9-14-29(22-27)41-34-17-6-4-15-30(34)31-16-5-7-18-35(31)41/h4-24H,1-3H3. The van der Waals surface area contributed by atoms with Crippen LogP contribution < -0.4 is 0 Å². The summed E-state index contributed by atoms with van der Waals surface area (Å²) in [6.45, 7) is 6.72. The van der Waals surface area contributed by atoms with Crippen molar-refractivity contribution in [2.24, 2.45) is 0 Å². The SMILES string of the molecule is CC(C)(C)c1cc(-c2cccc(-c3cccc(-n4c5ccccc5c5ccccc54)c3)c2)cc2c1oc1cccnc12. The number of hydrogen-bond acceptors (Lipinski definition) is 2. The Bertz CT molecular complexity index is 2240. The first-order valence-electron chi connectivity index (χ1n) is 14.5. The highest BCUT2D eigenvalue weighted by Gasteiger charge is 2.23. The fraction of sp³-hybridized carbons (Fsp3) is 0.103. The van der Waals surface area contributed by atoms with Crippen molar-refractivity contribution < 1.29 is 4.42 Å². The molecule has 0 spiro atoms. The van der Waals surface area contributed by atoms with Crippen LogP contribution in [0.4, 0.5) is 0 Å². The molecule has 3 heteroatoms. The van der Waals surface area contributed by atoms with E-state index in [1.165, 1.54) is 49.6 Å². The lowest BCUT2D eigenvalue weighted by atomic mass is 9.84. The van der Waals surface area contributed by atoms with E-state index in [4.69, 9.17) is 4.42 Å². The summed E-state index contributed by atoms with van der Waals surface area (Å²) < 4.78 is 8.71. The van der Waals surface area contributed by atoms with Gasteiger partial charge in [-0.05, 0) is 82.3 Å². The van der Waals surface area contributed by atoms with Crippen LogP contribution in [0, 0.1) is 0 Å². The summed E-state index contributed by atoms with van der Waals surface area (Å²) in [5.41, 5.74) is 12.1. The fourth-order valence-electron chi connectivity index (χ4n) is 6.33. The smallest absolute Gasteiger partial charge is 0.153 e. The number of aromatic nitrogens is 2. The lowest BCUT2D eigenvalue weighted by molar-refractivity contribution is 0.573. The maximum Gasteiger partial charge on any atom is 0.153 e. The zero-order chi connectivity index (χ0) is 28.4. The predicted molar refractivity (Wildman–Crippen MR) is 175 cm³/mol. The number of fused-ring (bicyclic) bond motifs is 6. The molecule has 8 rings (SSSR count). The number of para-hydroxylation sites is 2. The van der Waals surface area contributed by atoms with Crippen molar-refractivity contribution in [3.63, 3.8) is 0 Å². The zero-order valence-electron chi connectivity index (χ0n) is 23.9. The Kier molecular flexibility index (Phi) is 5.39. The van der Waals surface area contributed by atoms with Crippen LogP contribution in [0.25, 0.3) is 71.8 Å². The lowest BCUT2D eigenvalue weighted by Crippen LogP contribution is -2.11. The molecule has 8 aromatic rings. The van der Waals surface area contributed by atoms with Crippen molar-refractivity contribution in [3.8, 4) is 27.9 Å². The Balaban J connectivity index is 1.28. The van der Waals surface area contributed by atoms with E-state index >= 15 is 0 Å². The summed E-state index contributed by atoms with van der Waals surface area (Å²) in [6, 6.07) is 43.5. The third kappa shape index (κ3) is 3.85. The maximum absolute atomic E-state index is 6.34. The van der Waals surface area contributed by atoms with Gasteiger partial charge in [0.15, 0.2) is 5.58 Å². The van der Waals surface area contributed by atoms with Crippen LogP contribution in [0.2, 0.25) is 0 Å². The molecule has 202 valence electrons. The van der Waals surface area contributed by atoms with E-state index in [9.17, 15) is 0 Å². The first-order valence-corrected chi connectivity index (χ1v) is 14.5. The Morgan fingerprint density at radius 1 is 0.571 bits per heavy atom. The maximum atomic E-state index is 6.34. The topological polar surface area (TPSA) is 31.0 Å². The first kappa shape index (κ1) is 24.6. The first-order chi connectivity index (χ1) is 20.5. The molecule has 0 saturated heterocycles. The summed E-state index contributed by atoms with van der Waals surface area (Å²) in [6.07, 6.45) is 1.84. The van der Waals surface area contributed by atoms with E-state index in [1.807, 2.05) is 18.3 Å². The highest BCUT2D eigenvalue weighted by molar-refractivity contribution is 6.09. The summed E-state index contributed by atoms with van der Waals surface area (Å²) >= 11 is 0. The minimum atomic E-state index is -0.0869. The van der Waals surface area contributed by atoms with E-state index in [1.54, 1.807) is 0 Å². The molecule has 0 aliphatic heterocycles. The quantitative estimate of drug-likeness (QED) is 0.222. The van der Waals surface area contributed by atoms with Crippen LogP contribution in [0.5, 0.6) is 0 Å². The molecule has 0 aliphatic carbocycles. The van der Waals surface area contributed by atoms with E-state index < -0.39 is 0 Å². The Morgan fingerprint density at radius 3 is 1.93 bits per heavy atom. The molecular formula is C39H30N2O. The van der Waals surface area contributed by atoms with Gasteiger partial charge >= 0.3 is 0 Å². The lowest BCUT2D eigenvalue weighted by Gasteiger charge is -2.20. The number of benzene rings is 5. The van der Waals surface area contributed by atoms with Gasteiger partial charge in [0.1, 0.15) is 11.1 Å². The molecule has 3 heterocycles. The molecule has 3 nitrogen and oxygen atoms in total. The minimum absolute atomic E-state index is 0.0869. The van der Waals surface area contributed by atoms with Gasteiger partial charge in [0.25, 0.3) is 0 Å². The van der Waals surface area contributed by atoms with E-state index in [-0.39, 0.29) is 5.41 Å². The van der Waals surface area contributed by atoms with Gasteiger partial charge in [-0.2, -0.15) is 0 Å². The van der Waals surface area contributed by atoms with Crippen LogP contribution >= 0.6 is 0 Å². The van der Waals surface area contributed by atoms with Gasteiger partial charge in [-0.1, -0.05) is 87.5 Å². The Morgan fingerprint density at radius 2 is 1.21 bits per heavy atom. The molecule has 0 aliphatic rings. The van der Waals surface area contributed by atoms with Crippen molar-refractivity contribution in [3.05, 3.63) is 133 Å². The van der Waals surface area contributed by atoms with E-state index in [0.29, 0.717) is 0 Å². The number of pyridine rings is 1. The van der Waals surface area contributed by atoms with Crippen LogP contribution in [0.3, 0.4) is 0 Å². The second kappa shape index (κ2) is 9.19. The molecule has 0 amide bonds. The van der Waals surface area contributed by atoms with Crippen LogP contribution in [-0.2, 0) is 5.41 Å². The molecule has 42 heavy (non-hydrogen) atoms. The number of nitrogens with zero attached hydrogens (tertiary/aromatic N) is 2. The summed E-state index contributed by atoms with van der Waals surface area (Å²) in [5, 5.41) is 3.60. The molecule has 0 saturated carbocycles. The monoisotopic (exact) mass is 542 g/mol. The van der Waals surface area contributed by atoms with Gasteiger partial charge in [0, 0.05) is 33.6 Å². The Labute approximate surface area is 244 Å². The van der Waals surface area contributed by atoms with E-state index in [2.05, 4.69) is 140 Å². The summed E-state index contributed by atoms with van der Waals surface area (Å²) in [5.74, 6) is 0. The zero-order valence-corrected chi connectivity index (χ0v) is 23.9. The molecular weight excluding hydrogens is 512 g/mol. The van der Waals surface area contributed by atoms with Crippen molar-refractivity contribution in [1.82, 2.24) is 9.55 Å². The van der Waals surface area contributed by atoms with Crippen LogP contribution in [-0.4, -0.2) is 9.55 Å². The predicted octanol–water partition coefficient (Wildman–Crippen LogP) is 10.7. The number of hydrogen-bond donors (Lipinski definition) is 0. The van der Waals surface area contributed by atoms with Gasteiger partial charge in [0.05, 0.1) is 11.0 Å². The molecule has 0 N–H and O–H groups in total. The van der Waals surface area contributed by atoms with Crippen molar-refractivity contribution in [2.45, 2.75) is 26.2 Å². The number of furan rings is 1. The molecule has 3 aromatic heterocycles. The summed E-state index contributed by atoms with van der Waals surface area (Å²) in [4.78, 5) is 4.67. The number of rotatable bonds is 3. The minimum Gasteiger partial charge on any atom is -0.454 e. The van der Waals surface area contributed by atoms with Gasteiger partial charge in [0.2, 0.25) is 0 Å². The van der Waals surface area contributed by atoms with Crippen molar-refractivity contribution in [2.75, 3.05) is 0 Å². The Hall–Kier alpha value is -5.15. The van der Waals surface area contributed by atoms with Crippen molar-refractivity contribution >= 4 is 43.9 Å². The normalized spacial score (nSPS) is 12.2.